The van der Waals surface area contributed by atoms with Crippen molar-refractivity contribution in [1.29, 1.82) is 0 Å². The van der Waals surface area contributed by atoms with E-state index in [1.54, 1.807) is 0 Å². The van der Waals surface area contributed by atoms with Crippen LogP contribution < -0.4 is 5.32 Å². The Hall–Kier alpha value is -0.370. The third-order valence-electron chi connectivity index (χ3n) is 3.47. The summed E-state index contributed by atoms with van der Waals surface area (Å²) < 4.78 is 14.4. The third-order valence-corrected chi connectivity index (χ3v) is 3.47. The highest BCUT2D eigenvalue weighted by molar-refractivity contribution is 5.20. The van der Waals surface area contributed by atoms with Crippen LogP contribution in [0.25, 0.3) is 0 Å². The fraction of sp³-hybridized carbons (Fsp3) is 0.833. The molecule has 0 aromatic carbocycles. The summed E-state index contributed by atoms with van der Waals surface area (Å²) in [5.41, 5.74) is 0.0827. The number of rotatable bonds is 1. The van der Waals surface area contributed by atoms with Crippen LogP contribution in [0.5, 0.6) is 0 Å². The highest BCUT2D eigenvalue weighted by Crippen LogP contribution is 2.33. The Morgan fingerprint density at radius 1 is 1.21 bits per heavy atom. The monoisotopic (exact) mass is 197 g/mol. The van der Waals surface area contributed by atoms with Crippen molar-refractivity contribution in [2.24, 2.45) is 0 Å². The maximum atomic E-state index is 14.4. The van der Waals surface area contributed by atoms with Gasteiger partial charge >= 0.3 is 0 Å². The molecule has 1 aliphatic heterocycles. The maximum absolute atomic E-state index is 14.4. The van der Waals surface area contributed by atoms with Crippen LogP contribution in [0.2, 0.25) is 0 Å². The molecule has 2 aliphatic rings. The first-order valence-corrected chi connectivity index (χ1v) is 5.90. The van der Waals surface area contributed by atoms with Crippen molar-refractivity contribution >= 4 is 0 Å². The first-order valence-electron chi connectivity index (χ1n) is 5.90. The summed E-state index contributed by atoms with van der Waals surface area (Å²) >= 11 is 0. The summed E-state index contributed by atoms with van der Waals surface area (Å²) in [4.78, 5) is 0. The fourth-order valence-corrected chi connectivity index (χ4v) is 2.53. The Morgan fingerprint density at radius 2 is 2.07 bits per heavy atom. The Bertz CT molecular complexity index is 216. The Balaban J connectivity index is 2.05. The zero-order chi connectivity index (χ0) is 9.86. The number of nitrogens with one attached hydrogen (secondary N) is 1. The molecule has 0 aromatic rings. The Labute approximate surface area is 85.8 Å². The molecule has 2 heteroatoms. The van der Waals surface area contributed by atoms with Crippen molar-refractivity contribution in [2.75, 3.05) is 13.1 Å². The van der Waals surface area contributed by atoms with Crippen molar-refractivity contribution in [3.05, 3.63) is 11.6 Å². The molecule has 1 saturated heterocycles. The first-order chi connectivity index (χ1) is 6.81. The molecule has 0 radical (unpaired) electrons. The molecule has 1 nitrogen and oxygen atoms in total. The summed E-state index contributed by atoms with van der Waals surface area (Å²) in [6, 6.07) is 0. The fourth-order valence-electron chi connectivity index (χ4n) is 2.53. The van der Waals surface area contributed by atoms with Crippen LogP contribution >= 0.6 is 0 Å². The summed E-state index contributed by atoms with van der Waals surface area (Å²) in [5, 5.41) is 3.13. The van der Waals surface area contributed by atoms with E-state index in [4.69, 9.17) is 0 Å². The SMILES string of the molecule is FC1(/C2=C/CCCCCC2)CCNC1. The van der Waals surface area contributed by atoms with Crippen LogP contribution in [0.4, 0.5) is 4.39 Å². The van der Waals surface area contributed by atoms with Crippen LogP contribution in [-0.2, 0) is 0 Å². The van der Waals surface area contributed by atoms with Crippen LogP contribution in [0, 0.1) is 0 Å². The molecule has 0 spiro atoms. The molecule has 0 saturated carbocycles. The van der Waals surface area contributed by atoms with E-state index in [9.17, 15) is 4.39 Å². The summed E-state index contributed by atoms with van der Waals surface area (Å²) in [7, 11) is 0. The summed E-state index contributed by atoms with van der Waals surface area (Å²) in [6.45, 7) is 1.38. The second-order valence-electron chi connectivity index (χ2n) is 4.57. The van der Waals surface area contributed by atoms with Gasteiger partial charge in [-0.2, -0.15) is 0 Å². The topological polar surface area (TPSA) is 12.0 Å². The minimum Gasteiger partial charge on any atom is -0.313 e. The molecule has 1 fully saturated rings. The Morgan fingerprint density at radius 3 is 2.86 bits per heavy atom. The predicted octanol–water partition coefficient (Wildman–Crippen LogP) is 2.97. The molecular weight excluding hydrogens is 177 g/mol. The molecular formula is C12H20FN. The lowest BCUT2D eigenvalue weighted by atomic mass is 9.87. The molecule has 1 atom stereocenters. The van der Waals surface area contributed by atoms with E-state index in [-0.39, 0.29) is 0 Å². The lowest BCUT2D eigenvalue weighted by molar-refractivity contribution is 0.231. The quantitative estimate of drug-likeness (QED) is 0.637. The smallest absolute Gasteiger partial charge is 0.145 e. The van der Waals surface area contributed by atoms with Crippen molar-refractivity contribution in [3.63, 3.8) is 0 Å². The standard InChI is InChI=1S/C12H20FN/c13-12(8-9-14-10-12)11-6-4-2-1-3-5-7-11/h6,14H,1-5,7-10H2/b11-6+. The molecule has 1 aliphatic carbocycles. The van der Waals surface area contributed by atoms with Gasteiger partial charge in [-0.15, -0.1) is 0 Å². The zero-order valence-corrected chi connectivity index (χ0v) is 8.82. The van der Waals surface area contributed by atoms with Gasteiger partial charge in [-0.25, -0.2) is 4.39 Å². The summed E-state index contributed by atoms with van der Waals surface area (Å²) in [6.07, 6.45) is 9.94. The third kappa shape index (κ3) is 2.17. The molecule has 14 heavy (non-hydrogen) atoms. The highest BCUT2D eigenvalue weighted by Gasteiger charge is 2.36. The molecule has 0 amide bonds. The van der Waals surface area contributed by atoms with E-state index >= 15 is 0 Å². The Kier molecular flexibility index (Phi) is 3.22. The molecule has 0 bridgehead atoms. The molecule has 80 valence electrons. The van der Waals surface area contributed by atoms with Gasteiger partial charge in [0.25, 0.3) is 0 Å². The van der Waals surface area contributed by atoms with E-state index < -0.39 is 5.67 Å². The van der Waals surface area contributed by atoms with E-state index in [2.05, 4.69) is 11.4 Å². The number of hydrogen-bond donors (Lipinski definition) is 1. The van der Waals surface area contributed by atoms with Crippen LogP contribution in [0.15, 0.2) is 11.6 Å². The largest absolute Gasteiger partial charge is 0.313 e. The van der Waals surface area contributed by atoms with Crippen LogP contribution in [0.1, 0.15) is 44.9 Å². The lowest BCUT2D eigenvalue weighted by Gasteiger charge is -2.24. The number of allylic oxidation sites excluding steroid dienone is 1. The van der Waals surface area contributed by atoms with E-state index in [0.29, 0.717) is 13.0 Å². The van der Waals surface area contributed by atoms with Crippen molar-refractivity contribution < 1.29 is 4.39 Å². The van der Waals surface area contributed by atoms with E-state index in [1.165, 1.54) is 25.7 Å². The van der Waals surface area contributed by atoms with Crippen molar-refractivity contribution in [2.45, 2.75) is 50.6 Å². The van der Waals surface area contributed by atoms with Gasteiger partial charge < -0.3 is 5.32 Å². The average Bonchev–Trinajstić information content (AvgIpc) is 2.52. The van der Waals surface area contributed by atoms with Crippen molar-refractivity contribution in [1.82, 2.24) is 5.32 Å². The molecule has 2 rings (SSSR count). The van der Waals surface area contributed by atoms with Crippen molar-refractivity contribution in [3.8, 4) is 0 Å². The molecule has 1 heterocycles. The predicted molar refractivity (Wildman–Crippen MR) is 57.1 cm³/mol. The number of alkyl halides is 1. The van der Waals surface area contributed by atoms with E-state index in [0.717, 1.165) is 25.0 Å². The normalized spacial score (nSPS) is 38.5. The first kappa shape index (κ1) is 10.2. The average molecular weight is 197 g/mol. The van der Waals surface area contributed by atoms with Crippen LogP contribution in [0.3, 0.4) is 0 Å². The molecule has 1 N–H and O–H groups in total. The molecule has 1 unspecified atom stereocenters. The van der Waals surface area contributed by atoms with Gasteiger partial charge in [-0.1, -0.05) is 18.9 Å². The van der Waals surface area contributed by atoms with Gasteiger partial charge in [0.2, 0.25) is 0 Å². The van der Waals surface area contributed by atoms with Gasteiger partial charge in [0.1, 0.15) is 5.67 Å². The maximum Gasteiger partial charge on any atom is 0.145 e. The van der Waals surface area contributed by atoms with Crippen LogP contribution in [-0.4, -0.2) is 18.8 Å². The summed E-state index contributed by atoms with van der Waals surface area (Å²) in [5.74, 6) is 0. The highest BCUT2D eigenvalue weighted by atomic mass is 19.1. The van der Waals surface area contributed by atoms with E-state index in [1.807, 2.05) is 0 Å². The lowest BCUT2D eigenvalue weighted by Crippen LogP contribution is -2.28. The van der Waals surface area contributed by atoms with Gasteiger partial charge in [0.15, 0.2) is 0 Å². The second-order valence-corrected chi connectivity index (χ2v) is 4.57. The van der Waals surface area contributed by atoms with Gasteiger partial charge in [0, 0.05) is 6.54 Å². The van der Waals surface area contributed by atoms with Gasteiger partial charge in [-0.05, 0) is 44.2 Å². The minimum atomic E-state index is -1.00. The second kappa shape index (κ2) is 4.43. The number of halogens is 1. The number of hydrogen-bond acceptors (Lipinski definition) is 1. The molecule has 0 aromatic heterocycles. The minimum absolute atomic E-state index is 0.541. The van der Waals surface area contributed by atoms with Gasteiger partial charge in [-0.3, -0.25) is 0 Å². The zero-order valence-electron chi connectivity index (χ0n) is 8.82. The van der Waals surface area contributed by atoms with Gasteiger partial charge in [0.05, 0.1) is 0 Å².